The number of hydrogen-bond donors (Lipinski definition) is 0. The van der Waals surface area contributed by atoms with Crippen molar-refractivity contribution in [3.63, 3.8) is 0 Å². The van der Waals surface area contributed by atoms with Gasteiger partial charge in [-0.2, -0.15) is 5.26 Å². The Kier molecular flexibility index (Phi) is 3.87. The minimum atomic E-state index is 0.475. The van der Waals surface area contributed by atoms with Crippen LogP contribution >= 0.6 is 22.9 Å². The molecule has 0 aliphatic heterocycles. The number of thiazole rings is 1. The summed E-state index contributed by atoms with van der Waals surface area (Å²) in [6.45, 7) is 0. The molecule has 0 saturated heterocycles. The molecule has 3 nitrogen and oxygen atoms in total. The second-order valence-corrected chi connectivity index (χ2v) is 5.53. The molecule has 102 valence electrons. The Hall–Kier alpha value is -2.35. The molecule has 0 fully saturated rings. The Morgan fingerprint density at radius 1 is 1.33 bits per heavy atom. The van der Waals surface area contributed by atoms with Crippen LogP contribution in [0.2, 0.25) is 5.02 Å². The standard InChI is InChI=1S/C16H9ClN2OS/c17-13-4-1-3-11(7-13)15-10-21-16(19-15)12(9-18)8-14-5-2-6-20-14/h1-8,10H. The number of hydrogen-bond acceptors (Lipinski definition) is 4. The molecule has 0 saturated carbocycles. The predicted octanol–water partition coefficient (Wildman–Crippen LogP) is 5.12. The van der Waals surface area contributed by atoms with Crippen LogP contribution in [0.3, 0.4) is 0 Å². The number of benzene rings is 1. The van der Waals surface area contributed by atoms with Crippen LogP contribution in [0.4, 0.5) is 0 Å². The van der Waals surface area contributed by atoms with Gasteiger partial charge in [0.15, 0.2) is 0 Å². The van der Waals surface area contributed by atoms with Gasteiger partial charge in [0.05, 0.1) is 17.5 Å². The maximum Gasteiger partial charge on any atom is 0.134 e. The van der Waals surface area contributed by atoms with Crippen molar-refractivity contribution in [1.82, 2.24) is 4.98 Å². The maximum atomic E-state index is 9.29. The highest BCUT2D eigenvalue weighted by atomic mass is 35.5. The lowest BCUT2D eigenvalue weighted by atomic mass is 10.2. The zero-order valence-electron chi connectivity index (χ0n) is 10.8. The van der Waals surface area contributed by atoms with Gasteiger partial charge in [0, 0.05) is 22.0 Å². The molecule has 3 rings (SSSR count). The summed E-state index contributed by atoms with van der Waals surface area (Å²) in [6, 6.07) is 13.2. The smallest absolute Gasteiger partial charge is 0.134 e. The molecule has 0 bridgehead atoms. The number of rotatable bonds is 3. The molecule has 0 spiro atoms. The summed E-state index contributed by atoms with van der Waals surface area (Å²) in [4.78, 5) is 4.50. The summed E-state index contributed by atoms with van der Waals surface area (Å²) >= 11 is 7.40. The number of nitriles is 1. The topological polar surface area (TPSA) is 49.8 Å². The van der Waals surface area contributed by atoms with Crippen molar-refractivity contribution in [2.24, 2.45) is 0 Å². The molecule has 3 aromatic rings. The number of allylic oxidation sites excluding steroid dienone is 1. The third-order valence-corrected chi connectivity index (χ3v) is 3.92. The summed E-state index contributed by atoms with van der Waals surface area (Å²) in [7, 11) is 0. The van der Waals surface area contributed by atoms with E-state index in [0.717, 1.165) is 11.3 Å². The molecule has 0 N–H and O–H groups in total. The highest BCUT2D eigenvalue weighted by Crippen LogP contribution is 2.28. The normalized spacial score (nSPS) is 11.3. The lowest BCUT2D eigenvalue weighted by Crippen LogP contribution is -1.82. The Balaban J connectivity index is 1.96. The molecule has 0 unspecified atom stereocenters. The molecular weight excluding hydrogens is 304 g/mol. The van der Waals surface area contributed by atoms with Gasteiger partial charge in [-0.15, -0.1) is 11.3 Å². The van der Waals surface area contributed by atoms with Gasteiger partial charge in [-0.1, -0.05) is 23.7 Å². The van der Waals surface area contributed by atoms with Gasteiger partial charge in [0.25, 0.3) is 0 Å². The summed E-state index contributed by atoms with van der Waals surface area (Å²) in [5, 5.41) is 12.5. The number of furan rings is 1. The SMILES string of the molecule is N#CC(=Cc1ccco1)c1nc(-c2cccc(Cl)c2)cs1. The van der Waals surface area contributed by atoms with Crippen molar-refractivity contribution >= 4 is 34.6 Å². The fourth-order valence-electron chi connectivity index (χ4n) is 1.84. The Labute approximate surface area is 130 Å². The van der Waals surface area contributed by atoms with Crippen LogP contribution in [0.15, 0.2) is 52.5 Å². The van der Waals surface area contributed by atoms with Gasteiger partial charge < -0.3 is 4.42 Å². The monoisotopic (exact) mass is 312 g/mol. The van der Waals surface area contributed by atoms with E-state index in [2.05, 4.69) is 11.1 Å². The summed E-state index contributed by atoms with van der Waals surface area (Å²) in [6.07, 6.45) is 3.25. The first kappa shape index (κ1) is 13.6. The fraction of sp³-hybridized carbons (Fsp3) is 0. The van der Waals surface area contributed by atoms with Crippen molar-refractivity contribution in [3.05, 3.63) is 63.8 Å². The van der Waals surface area contributed by atoms with Gasteiger partial charge in [-0.3, -0.25) is 0 Å². The van der Waals surface area contributed by atoms with Crippen LogP contribution in [0.1, 0.15) is 10.8 Å². The molecule has 2 aromatic heterocycles. The molecule has 2 heterocycles. The molecule has 1 aromatic carbocycles. The molecule has 0 amide bonds. The van der Waals surface area contributed by atoms with Crippen LogP contribution in [-0.4, -0.2) is 4.98 Å². The van der Waals surface area contributed by atoms with Gasteiger partial charge in [0.2, 0.25) is 0 Å². The summed E-state index contributed by atoms with van der Waals surface area (Å²) < 4.78 is 5.23. The summed E-state index contributed by atoms with van der Waals surface area (Å²) in [5.74, 6) is 0.631. The molecule has 0 atom stereocenters. The quantitative estimate of drug-likeness (QED) is 0.631. The third-order valence-electron chi connectivity index (χ3n) is 2.81. The highest BCUT2D eigenvalue weighted by Gasteiger charge is 2.10. The van der Waals surface area contributed by atoms with Crippen LogP contribution < -0.4 is 0 Å². The van der Waals surface area contributed by atoms with Crippen molar-refractivity contribution in [1.29, 1.82) is 5.26 Å². The fourth-order valence-corrected chi connectivity index (χ4v) is 2.82. The molecule has 0 aliphatic rings. The second-order valence-electron chi connectivity index (χ2n) is 4.23. The van der Waals surface area contributed by atoms with Crippen LogP contribution in [-0.2, 0) is 0 Å². The first-order valence-corrected chi connectivity index (χ1v) is 7.39. The minimum absolute atomic E-state index is 0.475. The minimum Gasteiger partial charge on any atom is -0.465 e. The maximum absolute atomic E-state index is 9.29. The van der Waals surface area contributed by atoms with E-state index in [0.29, 0.717) is 21.4 Å². The first-order valence-electron chi connectivity index (χ1n) is 6.13. The van der Waals surface area contributed by atoms with E-state index >= 15 is 0 Å². The predicted molar refractivity (Wildman–Crippen MR) is 84.8 cm³/mol. The number of aromatic nitrogens is 1. The van der Waals surface area contributed by atoms with Crippen molar-refractivity contribution < 1.29 is 4.42 Å². The van der Waals surface area contributed by atoms with Crippen molar-refractivity contribution in [2.45, 2.75) is 0 Å². The largest absolute Gasteiger partial charge is 0.465 e. The van der Waals surface area contributed by atoms with Crippen LogP contribution in [0.25, 0.3) is 22.9 Å². The van der Waals surface area contributed by atoms with Crippen molar-refractivity contribution in [2.75, 3.05) is 0 Å². The van der Waals surface area contributed by atoms with E-state index in [1.165, 1.54) is 11.3 Å². The van der Waals surface area contributed by atoms with E-state index in [9.17, 15) is 5.26 Å². The van der Waals surface area contributed by atoms with E-state index in [4.69, 9.17) is 16.0 Å². The lowest BCUT2D eigenvalue weighted by molar-refractivity contribution is 0.557. The Morgan fingerprint density at radius 2 is 2.24 bits per heavy atom. The van der Waals surface area contributed by atoms with E-state index < -0.39 is 0 Å². The van der Waals surface area contributed by atoms with E-state index in [-0.39, 0.29) is 0 Å². The van der Waals surface area contributed by atoms with Gasteiger partial charge >= 0.3 is 0 Å². The van der Waals surface area contributed by atoms with Crippen LogP contribution in [0.5, 0.6) is 0 Å². The molecule has 0 aliphatic carbocycles. The zero-order chi connectivity index (χ0) is 14.7. The van der Waals surface area contributed by atoms with E-state index in [1.807, 2.05) is 29.6 Å². The van der Waals surface area contributed by atoms with Gasteiger partial charge in [-0.05, 0) is 24.3 Å². The summed E-state index contributed by atoms with van der Waals surface area (Å²) in [5.41, 5.74) is 2.21. The van der Waals surface area contributed by atoms with Crippen molar-refractivity contribution in [3.8, 4) is 17.3 Å². The molecule has 21 heavy (non-hydrogen) atoms. The molecule has 0 radical (unpaired) electrons. The highest BCUT2D eigenvalue weighted by molar-refractivity contribution is 7.11. The Bertz CT molecular complexity index is 828. The molecular formula is C16H9ClN2OS. The number of halogens is 1. The average Bonchev–Trinajstić information content (AvgIpc) is 3.16. The first-order chi connectivity index (χ1) is 10.3. The van der Waals surface area contributed by atoms with Gasteiger partial charge in [0.1, 0.15) is 16.8 Å². The van der Waals surface area contributed by atoms with Gasteiger partial charge in [-0.25, -0.2) is 4.98 Å². The lowest BCUT2D eigenvalue weighted by Gasteiger charge is -1.96. The average molecular weight is 313 g/mol. The number of nitrogens with zero attached hydrogens (tertiary/aromatic N) is 2. The molecule has 5 heteroatoms. The second kappa shape index (κ2) is 5.96. The zero-order valence-corrected chi connectivity index (χ0v) is 12.4. The van der Waals surface area contributed by atoms with E-state index in [1.54, 1.807) is 24.5 Å². The third kappa shape index (κ3) is 3.05. The van der Waals surface area contributed by atoms with Crippen LogP contribution in [0, 0.1) is 11.3 Å². The Morgan fingerprint density at radius 3 is 2.95 bits per heavy atom.